The first-order chi connectivity index (χ1) is 13.2. The molecule has 3 rings (SSSR count). The Hall–Kier alpha value is -2.32. The van der Waals surface area contributed by atoms with E-state index in [1.165, 1.54) is 6.20 Å². The van der Waals surface area contributed by atoms with E-state index in [-0.39, 0.29) is 30.0 Å². The Bertz CT molecular complexity index is 923. The Balaban J connectivity index is 1.67. The van der Waals surface area contributed by atoms with Crippen LogP contribution in [0.2, 0.25) is 5.02 Å². The predicted octanol–water partition coefficient (Wildman–Crippen LogP) is 2.68. The molecule has 1 aliphatic carbocycles. The topological polar surface area (TPSA) is 95.1 Å². The van der Waals surface area contributed by atoms with Gasteiger partial charge in [0, 0.05) is 37.7 Å². The highest BCUT2D eigenvalue weighted by Crippen LogP contribution is 2.38. The van der Waals surface area contributed by atoms with Gasteiger partial charge in [-0.2, -0.15) is 0 Å². The molecule has 1 amide bonds. The highest BCUT2D eigenvalue weighted by atomic mass is 35.5. The number of rotatable bonds is 5. The average Bonchev–Trinajstić information content (AvgIpc) is 2.64. The summed E-state index contributed by atoms with van der Waals surface area (Å²) in [6.07, 6.45) is 0.798. The third-order valence-electron chi connectivity index (χ3n) is 4.90. The molecule has 3 N–H and O–H groups in total. The minimum absolute atomic E-state index is 0.0799. The molecule has 0 bridgehead atoms. The lowest BCUT2D eigenvalue weighted by Crippen LogP contribution is -2.47. The van der Waals surface area contributed by atoms with Gasteiger partial charge in [-0.3, -0.25) is 4.79 Å². The van der Waals surface area contributed by atoms with Crippen LogP contribution in [-0.2, 0) is 6.42 Å². The fraction of sp³-hybridized carbons (Fsp3) is 0.421. The van der Waals surface area contributed by atoms with E-state index in [0.29, 0.717) is 12.1 Å². The molecule has 150 valence electrons. The molecule has 1 aliphatic rings. The van der Waals surface area contributed by atoms with Crippen molar-refractivity contribution >= 4 is 17.5 Å². The number of aliphatic hydroxyl groups is 1. The van der Waals surface area contributed by atoms with Crippen LogP contribution in [0, 0.1) is 0 Å². The highest BCUT2D eigenvalue weighted by Gasteiger charge is 2.42. The Morgan fingerprint density at radius 1 is 1.25 bits per heavy atom. The second-order valence-corrected chi connectivity index (χ2v) is 7.56. The summed E-state index contributed by atoms with van der Waals surface area (Å²) < 4.78 is 26.5. The van der Waals surface area contributed by atoms with E-state index < -0.39 is 36.0 Å². The first-order valence-electron chi connectivity index (χ1n) is 8.87. The lowest BCUT2D eigenvalue weighted by Gasteiger charge is -2.35. The summed E-state index contributed by atoms with van der Waals surface area (Å²) in [5, 5.41) is 13.2. The fourth-order valence-corrected chi connectivity index (χ4v) is 3.39. The largest absolute Gasteiger partial charge is 0.388 e. The summed E-state index contributed by atoms with van der Waals surface area (Å²) in [5.74, 6) is -3.26. The van der Waals surface area contributed by atoms with Gasteiger partial charge in [-0.1, -0.05) is 17.7 Å². The van der Waals surface area contributed by atoms with Crippen molar-refractivity contribution in [2.24, 2.45) is 0 Å². The quantitative estimate of drug-likeness (QED) is 0.705. The minimum Gasteiger partial charge on any atom is -0.388 e. The van der Waals surface area contributed by atoms with Gasteiger partial charge >= 0.3 is 5.69 Å². The lowest BCUT2D eigenvalue weighted by molar-refractivity contribution is -0.101. The Kier molecular flexibility index (Phi) is 5.81. The summed E-state index contributed by atoms with van der Waals surface area (Å²) in [5.41, 5.74) is -0.229. The first kappa shape index (κ1) is 20.4. The van der Waals surface area contributed by atoms with Crippen LogP contribution in [-0.4, -0.2) is 39.1 Å². The maximum absolute atomic E-state index is 13.3. The molecule has 1 fully saturated rings. The van der Waals surface area contributed by atoms with E-state index >= 15 is 0 Å². The zero-order valence-electron chi connectivity index (χ0n) is 15.0. The first-order valence-corrected chi connectivity index (χ1v) is 9.25. The van der Waals surface area contributed by atoms with E-state index in [4.69, 9.17) is 11.6 Å². The van der Waals surface area contributed by atoms with Gasteiger partial charge in [0.2, 0.25) is 5.92 Å². The molecule has 0 aliphatic heterocycles. The van der Waals surface area contributed by atoms with Crippen molar-refractivity contribution in [3.8, 4) is 0 Å². The fourth-order valence-electron chi connectivity index (χ4n) is 3.18. The standard InChI is InChI=1S/C19H20ClF2N3O3/c20-15-2-1-12(9-13-3-8-23-17(27)25-13)10-14(15)16(26)24-11-18(28)4-6-19(21,22)7-5-18/h1-3,8,10,28H,4-7,9,11H2,(H,24,26)(H,23,25,27). The molecule has 1 heterocycles. The second-order valence-electron chi connectivity index (χ2n) is 7.15. The van der Waals surface area contributed by atoms with Crippen LogP contribution in [0.25, 0.3) is 0 Å². The molecule has 1 aromatic carbocycles. The van der Waals surface area contributed by atoms with E-state index in [9.17, 15) is 23.5 Å². The highest BCUT2D eigenvalue weighted by molar-refractivity contribution is 6.33. The van der Waals surface area contributed by atoms with Gasteiger partial charge in [0.25, 0.3) is 5.91 Å². The van der Waals surface area contributed by atoms with Crippen molar-refractivity contribution in [1.29, 1.82) is 0 Å². The molecule has 1 aromatic heterocycles. The number of nitrogens with one attached hydrogen (secondary N) is 2. The Morgan fingerprint density at radius 2 is 1.96 bits per heavy atom. The second kappa shape index (κ2) is 7.97. The SMILES string of the molecule is O=C(NCC1(O)CCC(F)(F)CC1)c1cc(Cc2ccnc(=O)[nH]2)ccc1Cl. The van der Waals surface area contributed by atoms with Gasteiger partial charge < -0.3 is 15.4 Å². The zero-order valence-corrected chi connectivity index (χ0v) is 15.7. The number of carbonyl (C=O) groups is 1. The molecule has 0 spiro atoms. The van der Waals surface area contributed by atoms with Gasteiger partial charge in [-0.25, -0.2) is 18.6 Å². The third kappa shape index (κ3) is 5.14. The number of benzene rings is 1. The van der Waals surface area contributed by atoms with Gasteiger partial charge in [-0.15, -0.1) is 0 Å². The van der Waals surface area contributed by atoms with Crippen LogP contribution in [0.5, 0.6) is 0 Å². The average molecular weight is 412 g/mol. The van der Waals surface area contributed by atoms with Crippen molar-refractivity contribution in [3.63, 3.8) is 0 Å². The number of hydrogen-bond donors (Lipinski definition) is 3. The summed E-state index contributed by atoms with van der Waals surface area (Å²) in [6, 6.07) is 6.55. The molecule has 28 heavy (non-hydrogen) atoms. The molecule has 0 unspecified atom stereocenters. The molecule has 1 saturated carbocycles. The number of H-pyrrole nitrogens is 1. The molecule has 2 aromatic rings. The smallest absolute Gasteiger partial charge is 0.345 e. The number of hydrogen-bond acceptors (Lipinski definition) is 4. The maximum Gasteiger partial charge on any atom is 0.345 e. The van der Waals surface area contributed by atoms with Crippen LogP contribution in [0.3, 0.4) is 0 Å². The van der Waals surface area contributed by atoms with Crippen LogP contribution >= 0.6 is 11.6 Å². The van der Waals surface area contributed by atoms with Crippen LogP contribution < -0.4 is 11.0 Å². The number of aromatic nitrogens is 2. The number of carbonyl (C=O) groups excluding carboxylic acids is 1. The van der Waals surface area contributed by atoms with Crippen molar-refractivity contribution in [2.45, 2.75) is 43.6 Å². The summed E-state index contributed by atoms with van der Waals surface area (Å²) in [4.78, 5) is 30.0. The number of halogens is 3. The molecular formula is C19H20ClF2N3O3. The molecule has 0 radical (unpaired) electrons. The number of amides is 1. The van der Waals surface area contributed by atoms with Crippen molar-refractivity contribution in [1.82, 2.24) is 15.3 Å². The Morgan fingerprint density at radius 3 is 2.64 bits per heavy atom. The normalized spacial score (nSPS) is 17.9. The van der Waals surface area contributed by atoms with Gasteiger partial charge in [0.1, 0.15) is 0 Å². The predicted molar refractivity (Wildman–Crippen MR) is 99.8 cm³/mol. The van der Waals surface area contributed by atoms with E-state index in [0.717, 1.165) is 5.56 Å². The molecular weight excluding hydrogens is 392 g/mol. The third-order valence-corrected chi connectivity index (χ3v) is 5.22. The van der Waals surface area contributed by atoms with Gasteiger partial charge in [0.15, 0.2) is 0 Å². The van der Waals surface area contributed by atoms with E-state index in [1.54, 1.807) is 24.3 Å². The lowest BCUT2D eigenvalue weighted by atomic mass is 9.82. The monoisotopic (exact) mass is 411 g/mol. The zero-order chi connectivity index (χ0) is 20.4. The summed E-state index contributed by atoms with van der Waals surface area (Å²) in [6.45, 7) is -0.125. The number of alkyl halides is 2. The van der Waals surface area contributed by atoms with Crippen LogP contribution in [0.1, 0.15) is 47.3 Å². The number of nitrogens with zero attached hydrogens (tertiary/aromatic N) is 1. The maximum atomic E-state index is 13.3. The number of aromatic amines is 1. The summed E-state index contributed by atoms with van der Waals surface area (Å²) >= 11 is 6.12. The molecule has 9 heteroatoms. The van der Waals surface area contributed by atoms with Gasteiger partial charge in [-0.05, 0) is 36.6 Å². The molecule has 0 saturated heterocycles. The van der Waals surface area contributed by atoms with Crippen molar-refractivity contribution in [3.05, 3.63) is 62.8 Å². The Labute approximate surface area is 165 Å². The van der Waals surface area contributed by atoms with Gasteiger partial charge in [0.05, 0.1) is 16.2 Å². The van der Waals surface area contributed by atoms with Crippen LogP contribution in [0.4, 0.5) is 8.78 Å². The van der Waals surface area contributed by atoms with Crippen molar-refractivity contribution in [2.75, 3.05) is 6.54 Å². The van der Waals surface area contributed by atoms with Crippen LogP contribution in [0.15, 0.2) is 35.3 Å². The molecule has 0 atom stereocenters. The molecule has 6 nitrogen and oxygen atoms in total. The van der Waals surface area contributed by atoms with E-state index in [2.05, 4.69) is 15.3 Å². The van der Waals surface area contributed by atoms with Crippen molar-refractivity contribution < 1.29 is 18.7 Å². The minimum atomic E-state index is -2.76. The summed E-state index contributed by atoms with van der Waals surface area (Å²) in [7, 11) is 0. The van der Waals surface area contributed by atoms with E-state index in [1.807, 2.05) is 0 Å².